The number of aliphatic hydroxyl groups is 1. The Balaban J connectivity index is 1.23. The highest BCUT2D eigenvalue weighted by molar-refractivity contribution is 7.18. The largest absolute Gasteiger partial charge is 0.393 e. The van der Waals surface area contributed by atoms with E-state index in [0.717, 1.165) is 90.6 Å². The van der Waals surface area contributed by atoms with Crippen molar-refractivity contribution in [3.8, 4) is 0 Å². The van der Waals surface area contributed by atoms with E-state index in [1.165, 1.54) is 5.56 Å². The molecule has 0 amide bonds. The van der Waals surface area contributed by atoms with Crippen LogP contribution in [0.25, 0.3) is 10.3 Å². The zero-order valence-corrected chi connectivity index (χ0v) is 22.4. The Morgan fingerprint density at radius 2 is 1.61 bits per heavy atom. The summed E-state index contributed by atoms with van der Waals surface area (Å²) < 4.78 is 0. The van der Waals surface area contributed by atoms with Gasteiger partial charge in [-0.1, -0.05) is 41.7 Å². The Morgan fingerprint density at radius 1 is 0.868 bits per heavy atom. The van der Waals surface area contributed by atoms with Crippen molar-refractivity contribution in [1.82, 2.24) is 19.9 Å². The molecule has 4 N–H and O–H groups in total. The molecular formula is C29H35N7OS. The van der Waals surface area contributed by atoms with Gasteiger partial charge < -0.3 is 21.1 Å². The van der Waals surface area contributed by atoms with E-state index < -0.39 is 0 Å². The number of anilines is 2. The van der Waals surface area contributed by atoms with E-state index in [4.69, 9.17) is 25.7 Å². The molecule has 198 valence electrons. The Bertz CT molecular complexity index is 1360. The van der Waals surface area contributed by atoms with Gasteiger partial charge in [-0.25, -0.2) is 19.9 Å². The van der Waals surface area contributed by atoms with Crippen LogP contribution in [-0.2, 0) is 12.8 Å². The van der Waals surface area contributed by atoms with Crippen LogP contribution >= 0.6 is 11.3 Å². The lowest BCUT2D eigenvalue weighted by atomic mass is 9.93. The standard InChI is InChI=1S/C29H35N7OS/c30-20-12-14-36(15-13-20)26-11-10-25-28(35-26)38-27(34-25)18-23-17-22(16-19-4-2-1-3-5-19)32-29(33-23)31-21-6-8-24(37)9-7-21/h1-5,10-11,17,20-21,24,37H,6-9,12-16,18,30H2,(H,31,32,33). The molecule has 38 heavy (non-hydrogen) atoms. The first-order chi connectivity index (χ1) is 18.6. The van der Waals surface area contributed by atoms with Gasteiger partial charge in [0.1, 0.15) is 21.2 Å². The lowest BCUT2D eigenvalue weighted by Gasteiger charge is -2.30. The molecule has 3 aromatic heterocycles. The number of nitrogens with two attached hydrogens (primary N) is 1. The Hall–Kier alpha value is -3.14. The summed E-state index contributed by atoms with van der Waals surface area (Å²) in [5.74, 6) is 1.68. The number of rotatable bonds is 7. The molecule has 1 saturated heterocycles. The van der Waals surface area contributed by atoms with Crippen LogP contribution in [0.1, 0.15) is 60.5 Å². The van der Waals surface area contributed by atoms with Gasteiger partial charge in [-0.3, -0.25) is 0 Å². The van der Waals surface area contributed by atoms with Gasteiger partial charge in [-0.2, -0.15) is 0 Å². The minimum absolute atomic E-state index is 0.186. The van der Waals surface area contributed by atoms with E-state index in [2.05, 4.69) is 52.7 Å². The predicted octanol–water partition coefficient (Wildman–Crippen LogP) is 4.31. The monoisotopic (exact) mass is 529 g/mol. The zero-order chi connectivity index (χ0) is 25.9. The molecule has 2 aliphatic rings. The molecule has 0 unspecified atom stereocenters. The van der Waals surface area contributed by atoms with Gasteiger partial charge in [0.25, 0.3) is 0 Å². The number of benzene rings is 1. The van der Waals surface area contributed by atoms with E-state index in [1.807, 2.05) is 6.07 Å². The van der Waals surface area contributed by atoms with Crippen LogP contribution < -0.4 is 16.0 Å². The first-order valence-electron chi connectivity index (χ1n) is 13.7. The Kier molecular flexibility index (Phi) is 7.49. The third kappa shape index (κ3) is 6.11. The van der Waals surface area contributed by atoms with E-state index in [-0.39, 0.29) is 12.1 Å². The summed E-state index contributed by atoms with van der Waals surface area (Å²) in [5.41, 5.74) is 10.2. The number of nitrogens with one attached hydrogen (secondary N) is 1. The summed E-state index contributed by atoms with van der Waals surface area (Å²) in [5, 5.41) is 14.4. The summed E-state index contributed by atoms with van der Waals surface area (Å²) in [4.78, 5) is 22.9. The maximum absolute atomic E-state index is 9.89. The van der Waals surface area contributed by atoms with Crippen molar-refractivity contribution in [3.63, 3.8) is 0 Å². The molecule has 2 fully saturated rings. The number of hydrogen-bond acceptors (Lipinski definition) is 9. The van der Waals surface area contributed by atoms with Crippen molar-refractivity contribution < 1.29 is 5.11 Å². The first kappa shape index (κ1) is 25.2. The summed E-state index contributed by atoms with van der Waals surface area (Å²) in [6.07, 6.45) is 6.70. The van der Waals surface area contributed by atoms with Gasteiger partial charge >= 0.3 is 0 Å². The molecule has 1 aliphatic heterocycles. The molecular weight excluding hydrogens is 494 g/mol. The number of piperidine rings is 1. The van der Waals surface area contributed by atoms with E-state index in [1.54, 1.807) is 11.3 Å². The van der Waals surface area contributed by atoms with Gasteiger partial charge in [-0.05, 0) is 62.3 Å². The maximum atomic E-state index is 9.89. The van der Waals surface area contributed by atoms with Crippen LogP contribution in [0.5, 0.6) is 0 Å². The second kappa shape index (κ2) is 11.3. The summed E-state index contributed by atoms with van der Waals surface area (Å²) in [6, 6.07) is 17.3. The van der Waals surface area contributed by atoms with E-state index >= 15 is 0 Å². The molecule has 8 nitrogen and oxygen atoms in total. The highest BCUT2D eigenvalue weighted by Gasteiger charge is 2.21. The second-order valence-corrected chi connectivity index (χ2v) is 11.7. The van der Waals surface area contributed by atoms with Crippen LogP contribution in [0.4, 0.5) is 11.8 Å². The highest BCUT2D eigenvalue weighted by Crippen LogP contribution is 2.27. The zero-order valence-electron chi connectivity index (χ0n) is 21.6. The van der Waals surface area contributed by atoms with Crippen LogP contribution in [0.15, 0.2) is 48.5 Å². The second-order valence-electron chi connectivity index (χ2n) is 10.6. The number of aliphatic hydroxyl groups excluding tert-OH is 1. The molecule has 4 aromatic rings. The molecule has 1 aliphatic carbocycles. The maximum Gasteiger partial charge on any atom is 0.223 e. The van der Waals surface area contributed by atoms with Gasteiger partial charge in [0.2, 0.25) is 5.95 Å². The number of aromatic nitrogens is 4. The Morgan fingerprint density at radius 3 is 2.37 bits per heavy atom. The summed E-state index contributed by atoms with van der Waals surface area (Å²) in [7, 11) is 0. The average Bonchev–Trinajstić information content (AvgIpc) is 3.32. The third-order valence-corrected chi connectivity index (χ3v) is 8.54. The smallest absolute Gasteiger partial charge is 0.223 e. The molecule has 1 saturated carbocycles. The van der Waals surface area contributed by atoms with Gasteiger partial charge in [0.15, 0.2) is 0 Å². The van der Waals surface area contributed by atoms with Gasteiger partial charge in [0.05, 0.1) is 17.5 Å². The van der Waals surface area contributed by atoms with Gasteiger partial charge in [-0.15, -0.1) is 0 Å². The summed E-state index contributed by atoms with van der Waals surface area (Å²) >= 11 is 1.64. The fourth-order valence-electron chi connectivity index (χ4n) is 5.39. The first-order valence-corrected chi connectivity index (χ1v) is 14.5. The lowest BCUT2D eigenvalue weighted by molar-refractivity contribution is 0.126. The third-order valence-electron chi connectivity index (χ3n) is 7.57. The van der Waals surface area contributed by atoms with Crippen molar-refractivity contribution in [2.24, 2.45) is 5.73 Å². The van der Waals surface area contributed by atoms with Crippen molar-refractivity contribution >= 4 is 33.5 Å². The number of thiazole rings is 1. The lowest BCUT2D eigenvalue weighted by Crippen LogP contribution is -2.40. The summed E-state index contributed by atoms with van der Waals surface area (Å²) in [6.45, 7) is 1.90. The topological polar surface area (TPSA) is 113 Å². The average molecular weight is 530 g/mol. The van der Waals surface area contributed by atoms with Crippen LogP contribution in [-0.4, -0.2) is 56.3 Å². The molecule has 0 atom stereocenters. The SMILES string of the molecule is NC1CCN(c2ccc3nc(Cc4cc(Cc5ccccc5)nc(NC5CCC(O)CC5)n4)sc3n2)CC1. The molecule has 6 rings (SSSR count). The van der Waals surface area contributed by atoms with E-state index in [9.17, 15) is 5.11 Å². The highest BCUT2D eigenvalue weighted by atomic mass is 32.1. The predicted molar refractivity (Wildman–Crippen MR) is 153 cm³/mol. The molecule has 0 bridgehead atoms. The fraction of sp³-hybridized carbons (Fsp3) is 0.448. The van der Waals surface area contributed by atoms with Crippen LogP contribution in [0.3, 0.4) is 0 Å². The number of fused-ring (bicyclic) bond motifs is 1. The van der Waals surface area contributed by atoms with Gasteiger partial charge in [0, 0.05) is 38.0 Å². The van der Waals surface area contributed by atoms with Crippen molar-refractivity contribution in [3.05, 3.63) is 70.5 Å². The molecule has 9 heteroatoms. The minimum Gasteiger partial charge on any atom is -0.393 e. The number of pyridine rings is 1. The molecule has 0 radical (unpaired) electrons. The normalized spacial score (nSPS) is 20.6. The van der Waals surface area contributed by atoms with Crippen molar-refractivity contribution in [1.29, 1.82) is 0 Å². The quantitative estimate of drug-likeness (QED) is 0.325. The van der Waals surface area contributed by atoms with Crippen molar-refractivity contribution in [2.45, 2.75) is 69.6 Å². The Labute approximate surface area is 227 Å². The fourth-order valence-corrected chi connectivity index (χ4v) is 6.34. The molecule has 1 aromatic carbocycles. The van der Waals surface area contributed by atoms with E-state index in [0.29, 0.717) is 18.4 Å². The molecule has 0 spiro atoms. The van der Waals surface area contributed by atoms with Crippen LogP contribution in [0.2, 0.25) is 0 Å². The van der Waals surface area contributed by atoms with Crippen molar-refractivity contribution in [2.75, 3.05) is 23.3 Å². The van der Waals surface area contributed by atoms with Crippen LogP contribution in [0, 0.1) is 0 Å². The number of nitrogens with zero attached hydrogens (tertiary/aromatic N) is 5. The molecule has 4 heterocycles. The minimum atomic E-state index is -0.186. The number of hydrogen-bond donors (Lipinski definition) is 3.